The van der Waals surface area contributed by atoms with Gasteiger partial charge in [0.25, 0.3) is 0 Å². The highest BCUT2D eigenvalue weighted by molar-refractivity contribution is 5.71. The molecule has 0 N–H and O–H groups in total. The van der Waals surface area contributed by atoms with E-state index in [0.717, 1.165) is 83.5 Å². The monoisotopic (exact) mass is 1110 g/mol. The molecule has 0 aromatic heterocycles. The summed E-state index contributed by atoms with van der Waals surface area (Å²) in [7, 11) is 0. The molecule has 0 heterocycles. The Balaban J connectivity index is 4.15. The summed E-state index contributed by atoms with van der Waals surface area (Å²) >= 11 is 0. The largest absolute Gasteiger partial charge is 0.462 e. The van der Waals surface area contributed by atoms with Gasteiger partial charge in [-0.25, -0.2) is 0 Å². The molecular formula is C73H136O6. The topological polar surface area (TPSA) is 78.9 Å². The number of unbranched alkanes of at least 4 members (excludes halogenated alkanes) is 49. The fraction of sp³-hybridized carbons (Fsp3) is 0.877. The molecule has 0 aromatic carbocycles. The summed E-state index contributed by atoms with van der Waals surface area (Å²) in [5.74, 6) is -0.868. The molecule has 0 bridgehead atoms. The first kappa shape index (κ1) is 76.6. The van der Waals surface area contributed by atoms with Crippen molar-refractivity contribution in [2.75, 3.05) is 13.2 Å². The zero-order valence-electron chi connectivity index (χ0n) is 53.4. The Labute approximate surface area is 493 Å². The van der Waals surface area contributed by atoms with Crippen LogP contribution in [-0.2, 0) is 28.6 Å². The maximum atomic E-state index is 12.9. The summed E-state index contributed by atoms with van der Waals surface area (Å²) in [5, 5.41) is 0. The molecule has 0 rings (SSSR count). The molecule has 0 fully saturated rings. The zero-order chi connectivity index (χ0) is 57.1. The minimum absolute atomic E-state index is 0.0742. The van der Waals surface area contributed by atoms with E-state index < -0.39 is 6.10 Å². The molecular weight excluding hydrogens is 973 g/mol. The van der Waals surface area contributed by atoms with Crippen molar-refractivity contribution >= 4 is 17.9 Å². The van der Waals surface area contributed by atoms with Gasteiger partial charge >= 0.3 is 17.9 Å². The predicted molar refractivity (Wildman–Crippen MR) is 344 cm³/mol. The van der Waals surface area contributed by atoms with Crippen LogP contribution in [0.1, 0.15) is 393 Å². The SMILES string of the molecule is CCC/C=C\C/C=C\CCCCCCCC(=O)OCC(COC(=O)CCCCCCCCCCCCCCCCCCCCCCCCCCCCCCCC)OC(=O)CCCCCCCCC/C=C\CCCCCCCCC. The van der Waals surface area contributed by atoms with Gasteiger partial charge in [-0.3, -0.25) is 14.4 Å². The zero-order valence-corrected chi connectivity index (χ0v) is 53.4. The van der Waals surface area contributed by atoms with Crippen LogP contribution in [0.5, 0.6) is 0 Å². The highest BCUT2D eigenvalue weighted by atomic mass is 16.6. The van der Waals surface area contributed by atoms with Gasteiger partial charge in [0, 0.05) is 19.3 Å². The molecule has 79 heavy (non-hydrogen) atoms. The average Bonchev–Trinajstić information content (AvgIpc) is 3.45. The van der Waals surface area contributed by atoms with Crippen LogP contribution in [0.2, 0.25) is 0 Å². The molecule has 0 spiro atoms. The number of carbonyl (C=O) groups is 3. The standard InChI is InChI=1S/C73H136O6/c1-4-7-10-13-16-19-22-25-27-29-31-32-33-34-35-36-37-38-39-40-41-42-44-45-48-51-54-57-60-63-66-72(75)78-69-70(68-77-71(74)65-62-59-56-53-50-47-24-21-18-15-12-9-6-3)79-73(76)67-64-61-58-55-52-49-46-43-30-28-26-23-20-17-14-11-8-5-2/h12,15,21,24,28,30,70H,4-11,13-14,16-20,22-23,25-27,29,31-69H2,1-3H3/b15-12-,24-21-,30-28-. The van der Waals surface area contributed by atoms with Gasteiger partial charge in [-0.15, -0.1) is 0 Å². The van der Waals surface area contributed by atoms with Crippen LogP contribution in [0.4, 0.5) is 0 Å². The molecule has 464 valence electrons. The van der Waals surface area contributed by atoms with E-state index in [-0.39, 0.29) is 31.1 Å². The molecule has 0 amide bonds. The Morgan fingerprint density at radius 1 is 0.253 bits per heavy atom. The first-order valence-corrected chi connectivity index (χ1v) is 35.5. The van der Waals surface area contributed by atoms with Gasteiger partial charge in [-0.2, -0.15) is 0 Å². The molecule has 0 aliphatic heterocycles. The lowest BCUT2D eigenvalue weighted by molar-refractivity contribution is -0.167. The van der Waals surface area contributed by atoms with Gasteiger partial charge in [0.1, 0.15) is 13.2 Å². The second-order valence-corrected chi connectivity index (χ2v) is 24.1. The highest BCUT2D eigenvalue weighted by Crippen LogP contribution is 2.19. The minimum atomic E-state index is -0.779. The molecule has 0 aromatic rings. The van der Waals surface area contributed by atoms with E-state index in [9.17, 15) is 14.4 Å². The van der Waals surface area contributed by atoms with Gasteiger partial charge in [-0.1, -0.05) is 340 Å². The van der Waals surface area contributed by atoms with E-state index in [1.54, 1.807) is 0 Å². The summed E-state index contributed by atoms with van der Waals surface area (Å²) in [6.07, 6.45) is 84.8. The van der Waals surface area contributed by atoms with Crippen LogP contribution < -0.4 is 0 Å². The molecule has 0 saturated heterocycles. The van der Waals surface area contributed by atoms with Crippen molar-refractivity contribution in [2.24, 2.45) is 0 Å². The number of esters is 3. The van der Waals surface area contributed by atoms with Crippen LogP contribution in [0, 0.1) is 0 Å². The number of allylic oxidation sites excluding steroid dienone is 6. The van der Waals surface area contributed by atoms with Crippen molar-refractivity contribution in [3.8, 4) is 0 Å². The fourth-order valence-electron chi connectivity index (χ4n) is 10.8. The smallest absolute Gasteiger partial charge is 0.306 e. The molecule has 6 heteroatoms. The molecule has 1 atom stereocenters. The first-order valence-electron chi connectivity index (χ1n) is 35.5. The van der Waals surface area contributed by atoms with E-state index in [1.807, 2.05) is 0 Å². The van der Waals surface area contributed by atoms with Crippen LogP contribution in [0.25, 0.3) is 0 Å². The van der Waals surface area contributed by atoms with Crippen LogP contribution in [0.3, 0.4) is 0 Å². The number of rotatable bonds is 66. The van der Waals surface area contributed by atoms with Crippen molar-refractivity contribution in [3.05, 3.63) is 36.5 Å². The van der Waals surface area contributed by atoms with E-state index in [4.69, 9.17) is 14.2 Å². The van der Waals surface area contributed by atoms with Gasteiger partial charge in [-0.05, 0) is 70.6 Å². The Bertz CT molecular complexity index is 1320. The fourth-order valence-corrected chi connectivity index (χ4v) is 10.8. The van der Waals surface area contributed by atoms with Crippen LogP contribution >= 0.6 is 0 Å². The van der Waals surface area contributed by atoms with E-state index in [0.29, 0.717) is 19.3 Å². The third-order valence-electron chi connectivity index (χ3n) is 16.1. The molecule has 0 aliphatic rings. The molecule has 6 nitrogen and oxygen atoms in total. The molecule has 0 aliphatic carbocycles. The Morgan fingerprint density at radius 2 is 0.481 bits per heavy atom. The molecule has 0 saturated carbocycles. The predicted octanol–water partition coefficient (Wildman–Crippen LogP) is 24.3. The van der Waals surface area contributed by atoms with Crippen LogP contribution in [0.15, 0.2) is 36.5 Å². The second-order valence-electron chi connectivity index (χ2n) is 24.1. The lowest BCUT2D eigenvalue weighted by atomic mass is 10.0. The number of carbonyl (C=O) groups excluding carboxylic acids is 3. The van der Waals surface area contributed by atoms with Crippen molar-refractivity contribution in [3.63, 3.8) is 0 Å². The third kappa shape index (κ3) is 66.3. The second kappa shape index (κ2) is 68.1. The van der Waals surface area contributed by atoms with Crippen molar-refractivity contribution < 1.29 is 28.6 Å². The highest BCUT2D eigenvalue weighted by Gasteiger charge is 2.19. The van der Waals surface area contributed by atoms with Crippen molar-refractivity contribution in [2.45, 2.75) is 399 Å². The number of hydrogen-bond acceptors (Lipinski definition) is 6. The summed E-state index contributed by atoms with van der Waals surface area (Å²) in [4.78, 5) is 38.4. The summed E-state index contributed by atoms with van der Waals surface area (Å²) < 4.78 is 17.0. The van der Waals surface area contributed by atoms with Crippen molar-refractivity contribution in [1.29, 1.82) is 0 Å². The van der Waals surface area contributed by atoms with Gasteiger partial charge in [0.05, 0.1) is 0 Å². The minimum Gasteiger partial charge on any atom is -0.462 e. The number of ether oxygens (including phenoxy) is 3. The summed E-state index contributed by atoms with van der Waals surface area (Å²) in [5.41, 5.74) is 0. The maximum Gasteiger partial charge on any atom is 0.306 e. The quantitative estimate of drug-likeness (QED) is 0.0261. The van der Waals surface area contributed by atoms with Crippen molar-refractivity contribution in [1.82, 2.24) is 0 Å². The third-order valence-corrected chi connectivity index (χ3v) is 16.1. The van der Waals surface area contributed by atoms with E-state index in [2.05, 4.69) is 57.2 Å². The Morgan fingerprint density at radius 3 is 0.759 bits per heavy atom. The lowest BCUT2D eigenvalue weighted by Gasteiger charge is -2.18. The normalized spacial score (nSPS) is 12.2. The number of hydrogen-bond donors (Lipinski definition) is 0. The van der Waals surface area contributed by atoms with Gasteiger partial charge in [0.2, 0.25) is 0 Å². The maximum absolute atomic E-state index is 12.9. The Kier molecular flexibility index (Phi) is 66.1. The summed E-state index contributed by atoms with van der Waals surface area (Å²) in [6.45, 7) is 6.63. The molecule has 1 unspecified atom stereocenters. The molecule has 0 radical (unpaired) electrons. The first-order chi connectivity index (χ1) is 39.0. The lowest BCUT2D eigenvalue weighted by Crippen LogP contribution is -2.30. The van der Waals surface area contributed by atoms with E-state index >= 15 is 0 Å². The Hall–Kier alpha value is -2.37. The van der Waals surface area contributed by atoms with E-state index in [1.165, 1.54) is 270 Å². The van der Waals surface area contributed by atoms with Gasteiger partial charge in [0.15, 0.2) is 6.10 Å². The average molecular weight is 1110 g/mol. The van der Waals surface area contributed by atoms with Crippen LogP contribution in [-0.4, -0.2) is 37.2 Å². The summed E-state index contributed by atoms with van der Waals surface area (Å²) in [6, 6.07) is 0. The van der Waals surface area contributed by atoms with Gasteiger partial charge < -0.3 is 14.2 Å².